The average Bonchev–Trinajstić information content (AvgIpc) is 2.13. The van der Waals surface area contributed by atoms with Crippen molar-refractivity contribution >= 4 is 27.9 Å². The van der Waals surface area contributed by atoms with Gasteiger partial charge in [0.25, 0.3) is 0 Å². The second-order valence-corrected chi connectivity index (χ2v) is 5.56. The number of nitrogens with zero attached hydrogens (tertiary/aromatic N) is 1. The highest BCUT2D eigenvalue weighted by atomic mass is 79.9. The lowest BCUT2D eigenvalue weighted by Gasteiger charge is -2.31. The number of carbonyl (C=O) groups is 2. The summed E-state index contributed by atoms with van der Waals surface area (Å²) in [7, 11) is 5.67. The van der Waals surface area contributed by atoms with Gasteiger partial charge in [-0.05, 0) is 0 Å². The van der Waals surface area contributed by atoms with E-state index in [4.69, 9.17) is 4.74 Å². The summed E-state index contributed by atoms with van der Waals surface area (Å²) in [6, 6.07) is 0. The van der Waals surface area contributed by atoms with Crippen molar-refractivity contribution in [2.75, 3.05) is 27.7 Å². The lowest BCUT2D eigenvalue weighted by atomic mass is 10.2. The molecule has 94 valence electrons. The number of ether oxygens (including phenoxy) is 1. The number of carboxylic acids is 1. The number of alkyl halides is 1. The van der Waals surface area contributed by atoms with Crippen LogP contribution in [0, 0.1) is 0 Å². The van der Waals surface area contributed by atoms with Crippen LogP contribution in [0.5, 0.6) is 0 Å². The number of hydrogen-bond donors (Lipinski definition) is 0. The smallest absolute Gasteiger partial charge is 0.306 e. The molecule has 5 nitrogen and oxygen atoms in total. The Bertz CT molecular complexity index is 262. The van der Waals surface area contributed by atoms with Crippen LogP contribution in [0.25, 0.3) is 0 Å². The Morgan fingerprint density at radius 2 is 1.88 bits per heavy atom. The normalized spacial score (nSPS) is 15.3. The Hall–Kier alpha value is -0.620. The summed E-state index contributed by atoms with van der Waals surface area (Å²) in [5, 5.41) is 10.7. The van der Waals surface area contributed by atoms with Crippen molar-refractivity contribution < 1.29 is 23.9 Å². The zero-order valence-electron chi connectivity index (χ0n) is 10.0. The number of carboxylic acid groups (broad SMARTS) is 1. The molecular weight excluding hydrogens is 278 g/mol. The van der Waals surface area contributed by atoms with Crippen molar-refractivity contribution in [1.29, 1.82) is 0 Å². The minimum atomic E-state index is -1.28. The number of halogens is 1. The molecule has 0 saturated carbocycles. The van der Waals surface area contributed by atoms with Gasteiger partial charge < -0.3 is 19.1 Å². The van der Waals surface area contributed by atoms with Gasteiger partial charge >= 0.3 is 5.97 Å². The number of carbonyl (C=O) groups excluding carboxylic acids is 2. The number of quaternary nitrogens is 1. The van der Waals surface area contributed by atoms with E-state index in [1.807, 2.05) is 21.1 Å². The van der Waals surface area contributed by atoms with Gasteiger partial charge in [-0.2, -0.15) is 0 Å². The van der Waals surface area contributed by atoms with Gasteiger partial charge in [-0.15, -0.1) is 0 Å². The first-order valence-corrected chi connectivity index (χ1v) is 5.93. The van der Waals surface area contributed by atoms with Gasteiger partial charge in [0.15, 0.2) is 6.10 Å². The topological polar surface area (TPSA) is 66.4 Å². The number of rotatable bonds is 6. The van der Waals surface area contributed by atoms with E-state index < -0.39 is 22.9 Å². The number of hydrogen-bond acceptors (Lipinski definition) is 4. The van der Waals surface area contributed by atoms with Crippen LogP contribution < -0.4 is 5.11 Å². The SMILES string of the molecule is CCC(=O)OC(C[N+](C)(C)C)C(Br)C(=O)[O-]. The molecule has 0 bridgehead atoms. The van der Waals surface area contributed by atoms with Gasteiger partial charge in [0.2, 0.25) is 0 Å². The van der Waals surface area contributed by atoms with Crippen molar-refractivity contribution in [3.63, 3.8) is 0 Å². The lowest BCUT2D eigenvalue weighted by molar-refractivity contribution is -0.873. The number of esters is 1. The molecule has 0 aromatic rings. The summed E-state index contributed by atoms with van der Waals surface area (Å²) >= 11 is 2.97. The van der Waals surface area contributed by atoms with Crippen molar-refractivity contribution in [2.45, 2.75) is 24.3 Å². The molecule has 0 fully saturated rings. The fourth-order valence-corrected chi connectivity index (χ4v) is 1.41. The van der Waals surface area contributed by atoms with E-state index in [1.54, 1.807) is 6.92 Å². The van der Waals surface area contributed by atoms with E-state index >= 15 is 0 Å². The van der Waals surface area contributed by atoms with Gasteiger partial charge in [0, 0.05) is 6.42 Å². The van der Waals surface area contributed by atoms with Crippen LogP contribution in [0.1, 0.15) is 13.3 Å². The monoisotopic (exact) mass is 295 g/mol. The highest BCUT2D eigenvalue weighted by Gasteiger charge is 2.29. The quantitative estimate of drug-likeness (QED) is 0.377. The Morgan fingerprint density at radius 1 is 1.38 bits per heavy atom. The molecule has 6 heteroatoms. The van der Waals surface area contributed by atoms with E-state index in [-0.39, 0.29) is 6.42 Å². The Kier molecular flexibility index (Phi) is 5.96. The first kappa shape index (κ1) is 15.4. The maximum absolute atomic E-state index is 11.2. The molecule has 0 radical (unpaired) electrons. The molecule has 2 unspecified atom stereocenters. The van der Waals surface area contributed by atoms with E-state index in [2.05, 4.69) is 15.9 Å². The molecule has 0 aliphatic heterocycles. The molecule has 2 atom stereocenters. The van der Waals surface area contributed by atoms with Crippen LogP contribution in [0.15, 0.2) is 0 Å². The summed E-state index contributed by atoms with van der Waals surface area (Å²) < 4.78 is 5.57. The summed E-state index contributed by atoms with van der Waals surface area (Å²) in [4.78, 5) is 20.9. The average molecular weight is 296 g/mol. The second-order valence-electron chi connectivity index (χ2n) is 4.58. The summed E-state index contributed by atoms with van der Waals surface area (Å²) in [5.74, 6) is -1.69. The Balaban J connectivity index is 4.63. The van der Waals surface area contributed by atoms with Gasteiger partial charge in [0.1, 0.15) is 6.54 Å². The Morgan fingerprint density at radius 3 is 2.19 bits per heavy atom. The van der Waals surface area contributed by atoms with E-state index in [9.17, 15) is 14.7 Å². The molecule has 0 spiro atoms. The number of likely N-dealkylation sites (N-methyl/N-ethyl adjacent to an activating group) is 1. The van der Waals surface area contributed by atoms with Crippen molar-refractivity contribution in [3.05, 3.63) is 0 Å². The third-order valence-corrected chi connectivity index (χ3v) is 2.81. The predicted octanol–water partition coefficient (Wildman–Crippen LogP) is -0.472. The molecule has 0 aliphatic carbocycles. The second kappa shape index (κ2) is 6.20. The third-order valence-electron chi connectivity index (χ3n) is 1.85. The molecule has 0 aromatic carbocycles. The minimum Gasteiger partial charge on any atom is -0.549 e. The van der Waals surface area contributed by atoms with E-state index in [1.165, 1.54) is 0 Å². The highest BCUT2D eigenvalue weighted by Crippen LogP contribution is 2.13. The van der Waals surface area contributed by atoms with Crippen molar-refractivity contribution in [3.8, 4) is 0 Å². The predicted molar refractivity (Wildman–Crippen MR) is 60.8 cm³/mol. The molecule has 0 rings (SSSR count). The summed E-state index contributed by atoms with van der Waals surface area (Å²) in [6.45, 7) is 2.06. The first-order chi connectivity index (χ1) is 7.17. The van der Waals surface area contributed by atoms with Gasteiger partial charge in [-0.25, -0.2) is 0 Å². The summed E-state index contributed by atoms with van der Waals surface area (Å²) in [5.41, 5.74) is 0. The van der Waals surface area contributed by atoms with Crippen LogP contribution >= 0.6 is 15.9 Å². The van der Waals surface area contributed by atoms with Crippen LogP contribution in [0.3, 0.4) is 0 Å². The van der Waals surface area contributed by atoms with Gasteiger partial charge in [-0.3, -0.25) is 4.79 Å². The van der Waals surface area contributed by atoms with E-state index in [0.717, 1.165) is 0 Å². The molecular formula is C10H18BrNO4. The fourth-order valence-electron chi connectivity index (χ4n) is 1.13. The lowest BCUT2D eigenvalue weighted by Crippen LogP contribution is -2.50. The molecule has 0 amide bonds. The van der Waals surface area contributed by atoms with Crippen molar-refractivity contribution in [2.24, 2.45) is 0 Å². The fraction of sp³-hybridized carbons (Fsp3) is 0.800. The van der Waals surface area contributed by atoms with Crippen LogP contribution in [-0.4, -0.2) is 55.0 Å². The molecule has 0 aromatic heterocycles. The third kappa shape index (κ3) is 6.07. The highest BCUT2D eigenvalue weighted by molar-refractivity contribution is 9.10. The van der Waals surface area contributed by atoms with Crippen LogP contribution in [-0.2, 0) is 14.3 Å². The van der Waals surface area contributed by atoms with Crippen LogP contribution in [0.4, 0.5) is 0 Å². The molecule has 0 heterocycles. The first-order valence-electron chi connectivity index (χ1n) is 5.02. The zero-order valence-corrected chi connectivity index (χ0v) is 11.6. The number of aliphatic carboxylic acids is 1. The van der Waals surface area contributed by atoms with Crippen LogP contribution in [0.2, 0.25) is 0 Å². The van der Waals surface area contributed by atoms with E-state index in [0.29, 0.717) is 11.0 Å². The standard InChI is InChI=1S/C10H18BrNO4/c1-5-8(13)16-7(6-12(2,3)4)9(11)10(14)15/h7,9H,5-6H2,1-4H3. The molecule has 0 saturated heterocycles. The largest absolute Gasteiger partial charge is 0.549 e. The maximum atomic E-state index is 11.2. The molecule has 0 aliphatic rings. The zero-order chi connectivity index (χ0) is 12.9. The Labute approximate surface area is 104 Å². The molecule has 0 N–H and O–H groups in total. The minimum absolute atomic E-state index is 0.223. The molecule has 16 heavy (non-hydrogen) atoms. The maximum Gasteiger partial charge on any atom is 0.306 e. The van der Waals surface area contributed by atoms with Gasteiger partial charge in [-0.1, -0.05) is 22.9 Å². The van der Waals surface area contributed by atoms with Gasteiger partial charge in [0.05, 0.1) is 31.9 Å². The summed E-state index contributed by atoms with van der Waals surface area (Å²) in [6.07, 6.45) is -0.502. The van der Waals surface area contributed by atoms with Crippen molar-refractivity contribution in [1.82, 2.24) is 0 Å².